The van der Waals surface area contributed by atoms with Gasteiger partial charge in [0.05, 0.1) is 0 Å². The molecule has 0 aromatic carbocycles. The molecule has 4 heteroatoms. The van der Waals surface area contributed by atoms with Crippen molar-refractivity contribution < 1.29 is 4.79 Å². The van der Waals surface area contributed by atoms with Gasteiger partial charge in [-0.05, 0) is 27.1 Å². The van der Waals surface area contributed by atoms with Crippen LogP contribution in [-0.4, -0.2) is 38.1 Å². The number of nitrogens with zero attached hydrogens (tertiary/aromatic N) is 1. The Morgan fingerprint density at radius 1 is 1.60 bits per heavy atom. The number of primary amides is 1. The predicted molar refractivity (Wildman–Crippen MR) is 40.8 cm³/mol. The summed E-state index contributed by atoms with van der Waals surface area (Å²) in [5.41, 5.74) is 4.85. The molecule has 4 nitrogen and oxygen atoms in total. The fraction of sp³-hybridized carbons (Fsp3) is 0.833. The van der Waals surface area contributed by atoms with Gasteiger partial charge in [-0.1, -0.05) is 0 Å². The van der Waals surface area contributed by atoms with Crippen LogP contribution in [0.25, 0.3) is 0 Å². The molecule has 3 N–H and O–H groups in total. The summed E-state index contributed by atoms with van der Waals surface area (Å²) in [6.07, 6.45) is 0.940. The van der Waals surface area contributed by atoms with Gasteiger partial charge in [0, 0.05) is 6.54 Å². The number of amides is 2. The first-order chi connectivity index (χ1) is 4.63. The zero-order chi connectivity index (χ0) is 7.98. The molecule has 2 amide bonds. The van der Waals surface area contributed by atoms with Gasteiger partial charge in [-0.2, -0.15) is 0 Å². The number of carbonyl (C=O) groups is 1. The van der Waals surface area contributed by atoms with Crippen molar-refractivity contribution in [2.24, 2.45) is 5.73 Å². The summed E-state index contributed by atoms with van der Waals surface area (Å²) in [5, 5.41) is 2.51. The quantitative estimate of drug-likeness (QED) is 0.529. The average molecular weight is 145 g/mol. The minimum atomic E-state index is -0.446. The molecule has 0 aliphatic carbocycles. The number of nitrogens with two attached hydrogens (primary N) is 1. The van der Waals surface area contributed by atoms with Crippen LogP contribution in [0.4, 0.5) is 4.79 Å². The Morgan fingerprint density at radius 2 is 2.20 bits per heavy atom. The van der Waals surface area contributed by atoms with Crippen molar-refractivity contribution in [3.8, 4) is 0 Å². The van der Waals surface area contributed by atoms with Crippen molar-refractivity contribution in [2.75, 3.05) is 27.2 Å². The zero-order valence-electron chi connectivity index (χ0n) is 6.55. The van der Waals surface area contributed by atoms with Gasteiger partial charge in [-0.3, -0.25) is 0 Å². The fourth-order valence-electron chi connectivity index (χ4n) is 0.607. The molecule has 60 valence electrons. The van der Waals surface area contributed by atoms with Crippen LogP contribution in [0.15, 0.2) is 0 Å². The van der Waals surface area contributed by atoms with E-state index in [2.05, 4.69) is 10.2 Å². The lowest BCUT2D eigenvalue weighted by molar-refractivity contribution is 0.248. The van der Waals surface area contributed by atoms with Crippen molar-refractivity contribution in [1.82, 2.24) is 10.2 Å². The van der Waals surface area contributed by atoms with Crippen LogP contribution >= 0.6 is 0 Å². The summed E-state index contributed by atoms with van der Waals surface area (Å²) in [4.78, 5) is 12.2. The van der Waals surface area contributed by atoms with E-state index in [1.165, 1.54) is 0 Å². The van der Waals surface area contributed by atoms with Crippen LogP contribution in [-0.2, 0) is 0 Å². The average Bonchev–Trinajstić information content (AvgIpc) is 1.79. The Bertz CT molecular complexity index is 103. The van der Waals surface area contributed by atoms with Gasteiger partial charge in [-0.15, -0.1) is 0 Å². The van der Waals surface area contributed by atoms with Gasteiger partial charge >= 0.3 is 6.03 Å². The lowest BCUT2D eigenvalue weighted by Crippen LogP contribution is -2.31. The van der Waals surface area contributed by atoms with Crippen molar-refractivity contribution >= 4 is 6.03 Å². The maximum atomic E-state index is 10.1. The Morgan fingerprint density at radius 3 is 2.60 bits per heavy atom. The minimum Gasteiger partial charge on any atom is -0.352 e. The lowest BCUT2D eigenvalue weighted by Gasteiger charge is -2.08. The van der Waals surface area contributed by atoms with Gasteiger partial charge in [-0.25, -0.2) is 4.79 Å². The Kier molecular flexibility index (Phi) is 4.66. The molecule has 10 heavy (non-hydrogen) atoms. The molecule has 0 saturated carbocycles. The summed E-state index contributed by atoms with van der Waals surface area (Å²) in [7, 11) is 3.98. The zero-order valence-corrected chi connectivity index (χ0v) is 6.55. The highest BCUT2D eigenvalue weighted by atomic mass is 16.2. The minimum absolute atomic E-state index is 0.446. The van der Waals surface area contributed by atoms with Crippen LogP contribution in [0.5, 0.6) is 0 Å². The van der Waals surface area contributed by atoms with Gasteiger partial charge in [0.15, 0.2) is 0 Å². The molecule has 0 unspecified atom stereocenters. The Balaban J connectivity index is 2.98. The number of hydrogen-bond donors (Lipinski definition) is 2. The van der Waals surface area contributed by atoms with E-state index in [0.29, 0.717) is 6.54 Å². The van der Waals surface area contributed by atoms with Gasteiger partial charge < -0.3 is 16.0 Å². The monoisotopic (exact) mass is 145 g/mol. The van der Waals surface area contributed by atoms with E-state index in [0.717, 1.165) is 13.0 Å². The topological polar surface area (TPSA) is 58.4 Å². The summed E-state index contributed by atoms with van der Waals surface area (Å²) >= 11 is 0. The number of hydrogen-bond acceptors (Lipinski definition) is 2. The highest BCUT2D eigenvalue weighted by molar-refractivity contribution is 5.71. The molecule has 0 spiro atoms. The van der Waals surface area contributed by atoms with Gasteiger partial charge in [0.25, 0.3) is 0 Å². The maximum Gasteiger partial charge on any atom is 0.312 e. The van der Waals surface area contributed by atoms with E-state index in [9.17, 15) is 4.79 Å². The molecule has 0 saturated heterocycles. The van der Waals surface area contributed by atoms with Crippen LogP contribution in [0.3, 0.4) is 0 Å². The van der Waals surface area contributed by atoms with Crippen LogP contribution in [0.2, 0.25) is 0 Å². The number of rotatable bonds is 4. The lowest BCUT2D eigenvalue weighted by atomic mass is 10.4. The third-order valence-corrected chi connectivity index (χ3v) is 1.08. The third-order valence-electron chi connectivity index (χ3n) is 1.08. The van der Waals surface area contributed by atoms with Gasteiger partial charge in [0.2, 0.25) is 0 Å². The molecule has 0 bridgehead atoms. The normalized spacial score (nSPS) is 9.90. The maximum absolute atomic E-state index is 10.1. The third kappa shape index (κ3) is 7.23. The molecule has 0 aliphatic rings. The molecule has 0 aromatic heterocycles. The second kappa shape index (κ2) is 5.05. The number of urea groups is 1. The predicted octanol–water partition coefficient (Wildman–Crippen LogP) is -0.394. The fourth-order valence-corrected chi connectivity index (χ4v) is 0.607. The smallest absolute Gasteiger partial charge is 0.312 e. The Labute approximate surface area is 61.4 Å². The van der Waals surface area contributed by atoms with Crippen LogP contribution in [0, 0.1) is 0 Å². The first kappa shape index (κ1) is 9.23. The van der Waals surface area contributed by atoms with E-state index in [1.54, 1.807) is 0 Å². The first-order valence-electron chi connectivity index (χ1n) is 3.31. The molecular weight excluding hydrogens is 130 g/mol. The summed E-state index contributed by atoms with van der Waals surface area (Å²) in [6.45, 7) is 1.63. The van der Waals surface area contributed by atoms with E-state index in [4.69, 9.17) is 5.73 Å². The van der Waals surface area contributed by atoms with Crippen molar-refractivity contribution in [3.05, 3.63) is 0 Å². The SMILES string of the molecule is CN(C)CCCNC(N)=O. The van der Waals surface area contributed by atoms with E-state index in [-0.39, 0.29) is 0 Å². The van der Waals surface area contributed by atoms with Crippen LogP contribution in [0.1, 0.15) is 6.42 Å². The summed E-state index contributed by atoms with van der Waals surface area (Å²) in [5.74, 6) is 0. The number of carbonyl (C=O) groups excluding carboxylic acids is 1. The van der Waals surface area contributed by atoms with Crippen molar-refractivity contribution in [2.45, 2.75) is 6.42 Å². The van der Waals surface area contributed by atoms with Crippen molar-refractivity contribution in [3.63, 3.8) is 0 Å². The highest BCUT2D eigenvalue weighted by Crippen LogP contribution is 1.79. The van der Waals surface area contributed by atoms with E-state index in [1.807, 2.05) is 14.1 Å². The van der Waals surface area contributed by atoms with E-state index < -0.39 is 6.03 Å². The molecule has 0 heterocycles. The molecule has 0 radical (unpaired) electrons. The number of nitrogens with one attached hydrogen (secondary N) is 1. The standard InChI is InChI=1S/C6H15N3O/c1-9(2)5-3-4-8-6(7)10/h3-5H2,1-2H3,(H3,7,8,10). The highest BCUT2D eigenvalue weighted by Gasteiger charge is 1.91. The Hall–Kier alpha value is -0.770. The first-order valence-corrected chi connectivity index (χ1v) is 3.31. The van der Waals surface area contributed by atoms with Crippen molar-refractivity contribution in [1.29, 1.82) is 0 Å². The summed E-state index contributed by atoms with van der Waals surface area (Å²) in [6, 6.07) is -0.446. The molecule has 0 atom stereocenters. The largest absolute Gasteiger partial charge is 0.352 e. The molecule has 0 fully saturated rings. The molecule has 0 aliphatic heterocycles. The van der Waals surface area contributed by atoms with Gasteiger partial charge in [0.1, 0.15) is 0 Å². The molecular formula is C6H15N3O. The van der Waals surface area contributed by atoms with Crippen LogP contribution < -0.4 is 11.1 Å². The van der Waals surface area contributed by atoms with E-state index >= 15 is 0 Å². The second-order valence-electron chi connectivity index (χ2n) is 2.45. The molecule has 0 rings (SSSR count). The summed E-state index contributed by atoms with van der Waals surface area (Å²) < 4.78 is 0. The molecule has 0 aromatic rings. The second-order valence-corrected chi connectivity index (χ2v) is 2.45.